The van der Waals surface area contributed by atoms with Crippen LogP contribution in [0.1, 0.15) is 30.9 Å². The highest BCUT2D eigenvalue weighted by Crippen LogP contribution is 2.28. The van der Waals surface area contributed by atoms with Gasteiger partial charge in [-0.1, -0.05) is 42.5 Å². The van der Waals surface area contributed by atoms with Gasteiger partial charge in [-0.2, -0.15) is 0 Å². The molecule has 2 heterocycles. The van der Waals surface area contributed by atoms with E-state index in [1.54, 1.807) is 24.3 Å². The van der Waals surface area contributed by atoms with Gasteiger partial charge in [-0.15, -0.1) is 0 Å². The molecule has 19 heavy (non-hydrogen) atoms. The highest BCUT2D eigenvalue weighted by Gasteiger charge is 2.35. The van der Waals surface area contributed by atoms with E-state index in [1.807, 2.05) is 18.2 Å². The molecule has 100 valence electrons. The van der Waals surface area contributed by atoms with Gasteiger partial charge in [0.1, 0.15) is 6.10 Å². The number of hydrogen-bond donors (Lipinski definition) is 1. The zero-order chi connectivity index (χ0) is 13.2. The molecule has 3 atom stereocenters. The molecule has 1 fully saturated rings. The highest BCUT2D eigenvalue weighted by molar-refractivity contribution is 5.81. The Morgan fingerprint density at radius 1 is 1.26 bits per heavy atom. The van der Waals surface area contributed by atoms with Crippen LogP contribution in [0.5, 0.6) is 0 Å². The van der Waals surface area contributed by atoms with E-state index in [1.165, 1.54) is 5.06 Å². The summed E-state index contributed by atoms with van der Waals surface area (Å²) in [6, 6.07) is 8.91. The lowest BCUT2D eigenvalue weighted by Gasteiger charge is -2.33. The summed E-state index contributed by atoms with van der Waals surface area (Å²) in [6.07, 6.45) is 5.68. The van der Waals surface area contributed by atoms with Gasteiger partial charge in [0.15, 0.2) is 6.10 Å². The molecule has 1 aromatic rings. The Morgan fingerprint density at radius 2 is 2.05 bits per heavy atom. The van der Waals surface area contributed by atoms with Gasteiger partial charge in [-0.05, 0) is 24.8 Å². The van der Waals surface area contributed by atoms with Crippen molar-refractivity contribution in [3.8, 4) is 0 Å². The van der Waals surface area contributed by atoms with Gasteiger partial charge >= 0.3 is 0 Å². The van der Waals surface area contributed by atoms with E-state index >= 15 is 0 Å². The number of nitrogens with zero attached hydrogens (tertiary/aromatic N) is 1. The average molecular weight is 259 g/mol. The van der Waals surface area contributed by atoms with Gasteiger partial charge in [-0.25, -0.2) is 5.06 Å². The van der Waals surface area contributed by atoms with Crippen molar-refractivity contribution in [3.63, 3.8) is 0 Å². The Balaban J connectivity index is 1.79. The quantitative estimate of drug-likeness (QED) is 0.826. The van der Waals surface area contributed by atoms with Gasteiger partial charge in [0.25, 0.3) is 5.91 Å². The Kier molecular flexibility index (Phi) is 3.36. The van der Waals surface area contributed by atoms with Crippen LogP contribution < -0.4 is 0 Å². The molecule has 0 saturated carbocycles. The van der Waals surface area contributed by atoms with Crippen LogP contribution in [-0.2, 0) is 9.63 Å². The zero-order valence-corrected chi connectivity index (χ0v) is 10.6. The van der Waals surface area contributed by atoms with Gasteiger partial charge in [-0.3, -0.25) is 9.63 Å². The molecule has 0 spiro atoms. The minimum atomic E-state index is -1.16. The Hall–Kier alpha value is -1.65. The molecule has 2 bridgehead atoms. The summed E-state index contributed by atoms with van der Waals surface area (Å²) in [4.78, 5) is 18.0. The van der Waals surface area contributed by atoms with Crippen molar-refractivity contribution in [2.45, 2.75) is 37.5 Å². The second-order valence-corrected chi connectivity index (χ2v) is 5.00. The Labute approximate surface area is 112 Å². The molecule has 0 unspecified atom stereocenters. The first kappa shape index (κ1) is 12.4. The van der Waals surface area contributed by atoms with E-state index in [9.17, 15) is 9.90 Å². The monoisotopic (exact) mass is 259 g/mol. The summed E-state index contributed by atoms with van der Waals surface area (Å²) in [5, 5.41) is 11.5. The number of aliphatic hydroxyl groups excluding tert-OH is 1. The maximum absolute atomic E-state index is 12.4. The van der Waals surface area contributed by atoms with Crippen LogP contribution >= 0.6 is 0 Å². The van der Waals surface area contributed by atoms with Crippen molar-refractivity contribution >= 4 is 5.91 Å². The number of aliphatic hydroxyl groups is 1. The first-order valence-corrected chi connectivity index (χ1v) is 6.67. The van der Waals surface area contributed by atoms with E-state index in [0.29, 0.717) is 5.56 Å². The molecule has 4 rings (SSSR count). The van der Waals surface area contributed by atoms with Crippen molar-refractivity contribution < 1.29 is 14.7 Å². The van der Waals surface area contributed by atoms with Crippen LogP contribution in [0.2, 0.25) is 0 Å². The van der Waals surface area contributed by atoms with Gasteiger partial charge in [0.05, 0.1) is 6.04 Å². The van der Waals surface area contributed by atoms with Gasteiger partial charge in [0.2, 0.25) is 0 Å². The van der Waals surface area contributed by atoms with Crippen molar-refractivity contribution in [1.29, 1.82) is 0 Å². The summed E-state index contributed by atoms with van der Waals surface area (Å²) in [7, 11) is 0. The molecular weight excluding hydrogens is 242 g/mol. The summed E-state index contributed by atoms with van der Waals surface area (Å²) in [5.74, 6) is -0.382. The Bertz CT molecular complexity index is 485. The molecule has 1 aromatic carbocycles. The van der Waals surface area contributed by atoms with Crippen LogP contribution in [0.3, 0.4) is 0 Å². The third-order valence-electron chi connectivity index (χ3n) is 3.65. The minimum Gasteiger partial charge on any atom is -0.378 e. The lowest BCUT2D eigenvalue weighted by molar-refractivity contribution is -0.216. The lowest BCUT2D eigenvalue weighted by atomic mass is 10.1. The second-order valence-electron chi connectivity index (χ2n) is 5.00. The van der Waals surface area contributed by atoms with Gasteiger partial charge < -0.3 is 5.11 Å². The van der Waals surface area contributed by atoms with Crippen LogP contribution in [0.15, 0.2) is 42.5 Å². The van der Waals surface area contributed by atoms with Crippen molar-refractivity contribution in [3.05, 3.63) is 48.0 Å². The molecule has 4 heteroatoms. The van der Waals surface area contributed by atoms with E-state index in [2.05, 4.69) is 0 Å². The maximum atomic E-state index is 12.4. The summed E-state index contributed by atoms with van der Waals surface area (Å²) in [5.41, 5.74) is 0.597. The SMILES string of the molecule is O=C([C@H](O)c1ccccc1)N1O[C@@H]2C=C[C@H]1CCC2. The van der Waals surface area contributed by atoms with Crippen LogP contribution in [0.4, 0.5) is 0 Å². The molecule has 3 aliphatic rings. The fourth-order valence-corrected chi connectivity index (χ4v) is 2.59. The molecule has 0 radical (unpaired) electrons. The minimum absolute atomic E-state index is 0.0364. The molecule has 0 aromatic heterocycles. The first-order chi connectivity index (χ1) is 9.25. The fourth-order valence-electron chi connectivity index (χ4n) is 2.59. The normalized spacial score (nSPS) is 27.1. The number of amides is 1. The first-order valence-electron chi connectivity index (χ1n) is 6.67. The largest absolute Gasteiger partial charge is 0.378 e. The predicted molar refractivity (Wildman–Crippen MR) is 69.9 cm³/mol. The number of hydroxylamine groups is 2. The van der Waals surface area contributed by atoms with Gasteiger partial charge in [0, 0.05) is 0 Å². The summed E-state index contributed by atoms with van der Waals surface area (Å²) in [6.45, 7) is 0. The molecule has 1 N–H and O–H groups in total. The van der Waals surface area contributed by atoms with Crippen molar-refractivity contribution in [2.24, 2.45) is 0 Å². The third-order valence-corrected chi connectivity index (χ3v) is 3.65. The van der Waals surface area contributed by atoms with E-state index in [-0.39, 0.29) is 18.1 Å². The molecule has 4 nitrogen and oxygen atoms in total. The van der Waals surface area contributed by atoms with E-state index in [0.717, 1.165) is 19.3 Å². The van der Waals surface area contributed by atoms with Crippen LogP contribution in [-0.4, -0.2) is 28.2 Å². The number of hydrogen-bond acceptors (Lipinski definition) is 3. The topological polar surface area (TPSA) is 49.8 Å². The smallest absolute Gasteiger partial charge is 0.280 e. The number of benzene rings is 1. The van der Waals surface area contributed by atoms with Crippen LogP contribution in [0, 0.1) is 0 Å². The summed E-state index contributed by atoms with van der Waals surface area (Å²) >= 11 is 0. The standard InChI is InChI=1S/C15H17NO3/c17-14(11-5-2-1-3-6-11)15(18)16-12-7-4-8-13(19-16)10-9-12/h1-3,5-6,9-10,12-14,17H,4,7-8H2/t12-,13+,14-/m1/s1. The number of rotatable bonds is 2. The van der Waals surface area contributed by atoms with E-state index < -0.39 is 6.10 Å². The number of carbonyl (C=O) groups excluding carboxylic acids is 1. The molecule has 1 saturated heterocycles. The summed E-state index contributed by atoms with van der Waals surface area (Å²) < 4.78 is 0. The second kappa shape index (κ2) is 5.15. The number of carbonyl (C=O) groups is 1. The lowest BCUT2D eigenvalue weighted by Crippen LogP contribution is -2.44. The molecule has 1 amide bonds. The Morgan fingerprint density at radius 3 is 2.84 bits per heavy atom. The number of fused-ring (bicyclic) bond motifs is 3. The third kappa shape index (κ3) is 2.41. The van der Waals surface area contributed by atoms with E-state index in [4.69, 9.17) is 4.84 Å². The molecule has 1 aliphatic carbocycles. The fraction of sp³-hybridized carbons (Fsp3) is 0.400. The highest BCUT2D eigenvalue weighted by atomic mass is 16.7. The molecule has 2 aliphatic heterocycles. The average Bonchev–Trinajstić information content (AvgIpc) is 2.82. The van der Waals surface area contributed by atoms with Crippen molar-refractivity contribution in [2.75, 3.05) is 0 Å². The predicted octanol–water partition coefficient (Wildman–Crippen LogP) is 1.97. The maximum Gasteiger partial charge on any atom is 0.280 e. The van der Waals surface area contributed by atoms with Crippen molar-refractivity contribution in [1.82, 2.24) is 5.06 Å². The molecular formula is C15H17NO3. The van der Waals surface area contributed by atoms with Crippen LogP contribution in [0.25, 0.3) is 0 Å². The zero-order valence-electron chi connectivity index (χ0n) is 10.6.